The summed E-state index contributed by atoms with van der Waals surface area (Å²) in [7, 11) is 0. The van der Waals surface area contributed by atoms with Gasteiger partial charge in [0.2, 0.25) is 0 Å². The van der Waals surface area contributed by atoms with Crippen LogP contribution in [0.2, 0.25) is 0 Å². The fourth-order valence-corrected chi connectivity index (χ4v) is 2.04. The lowest BCUT2D eigenvalue weighted by Gasteiger charge is -2.32. The standard InChI is InChI=1S/C13H16N2O5/c16-12(10-2-1-3-11(8-10)15(18)19)14-9-13(17)4-6-20-7-5-13/h1-3,8,17H,4-7,9H2,(H,14,16). The largest absolute Gasteiger partial charge is 0.388 e. The predicted molar refractivity (Wildman–Crippen MR) is 70.4 cm³/mol. The normalized spacial score (nSPS) is 17.4. The number of nitrogens with zero attached hydrogens (tertiary/aromatic N) is 1. The van der Waals surface area contributed by atoms with Crippen LogP contribution in [0.25, 0.3) is 0 Å². The van der Waals surface area contributed by atoms with Crippen LogP contribution in [-0.2, 0) is 4.74 Å². The van der Waals surface area contributed by atoms with Crippen molar-refractivity contribution in [3.8, 4) is 0 Å². The van der Waals surface area contributed by atoms with Crippen LogP contribution in [0.1, 0.15) is 23.2 Å². The fourth-order valence-electron chi connectivity index (χ4n) is 2.04. The molecule has 0 saturated carbocycles. The van der Waals surface area contributed by atoms with E-state index in [4.69, 9.17) is 4.74 Å². The van der Waals surface area contributed by atoms with Crippen LogP contribution < -0.4 is 5.32 Å². The lowest BCUT2D eigenvalue weighted by Crippen LogP contribution is -2.46. The molecule has 7 nitrogen and oxygen atoms in total. The summed E-state index contributed by atoms with van der Waals surface area (Å²) >= 11 is 0. The predicted octanol–water partition coefficient (Wildman–Crippen LogP) is 0.866. The molecule has 2 N–H and O–H groups in total. The first-order chi connectivity index (χ1) is 9.50. The number of amides is 1. The van der Waals surface area contributed by atoms with Gasteiger partial charge in [-0.25, -0.2) is 0 Å². The van der Waals surface area contributed by atoms with Gasteiger partial charge in [-0.2, -0.15) is 0 Å². The van der Waals surface area contributed by atoms with Crippen LogP contribution in [-0.4, -0.2) is 41.3 Å². The number of carbonyl (C=O) groups is 1. The zero-order valence-corrected chi connectivity index (χ0v) is 10.9. The van der Waals surface area contributed by atoms with E-state index in [1.807, 2.05) is 0 Å². The summed E-state index contributed by atoms with van der Waals surface area (Å²) in [6, 6.07) is 5.48. The molecule has 1 aromatic rings. The zero-order chi connectivity index (χ0) is 14.6. The summed E-state index contributed by atoms with van der Waals surface area (Å²) in [5.74, 6) is -0.436. The molecule has 0 aliphatic carbocycles. The van der Waals surface area contributed by atoms with Gasteiger partial charge in [0, 0.05) is 50.3 Å². The quantitative estimate of drug-likeness (QED) is 0.629. The van der Waals surface area contributed by atoms with Gasteiger partial charge < -0.3 is 15.2 Å². The minimum atomic E-state index is -0.964. The maximum Gasteiger partial charge on any atom is 0.270 e. The molecule has 0 atom stereocenters. The highest BCUT2D eigenvalue weighted by molar-refractivity contribution is 5.94. The van der Waals surface area contributed by atoms with E-state index >= 15 is 0 Å². The van der Waals surface area contributed by atoms with Crippen molar-refractivity contribution in [3.05, 3.63) is 39.9 Å². The third-order valence-electron chi connectivity index (χ3n) is 3.32. The van der Waals surface area contributed by atoms with E-state index in [2.05, 4.69) is 5.32 Å². The monoisotopic (exact) mass is 280 g/mol. The van der Waals surface area contributed by atoms with E-state index in [-0.39, 0.29) is 17.8 Å². The van der Waals surface area contributed by atoms with Crippen LogP contribution in [0.4, 0.5) is 5.69 Å². The second-order valence-corrected chi connectivity index (χ2v) is 4.83. The second kappa shape index (κ2) is 5.98. The SMILES string of the molecule is O=C(NCC1(O)CCOCC1)c1cccc([N+](=O)[O-])c1. The average Bonchev–Trinajstić information content (AvgIpc) is 2.46. The van der Waals surface area contributed by atoms with Gasteiger partial charge in [0.15, 0.2) is 0 Å². The molecule has 1 fully saturated rings. The molecule has 1 heterocycles. The summed E-state index contributed by atoms with van der Waals surface area (Å²) in [6.45, 7) is 1.03. The van der Waals surface area contributed by atoms with Crippen LogP contribution in [0.5, 0.6) is 0 Å². The molecule has 0 radical (unpaired) electrons. The number of hydrogen-bond donors (Lipinski definition) is 2. The van der Waals surface area contributed by atoms with Crippen molar-refractivity contribution in [1.29, 1.82) is 0 Å². The van der Waals surface area contributed by atoms with Crippen molar-refractivity contribution in [2.75, 3.05) is 19.8 Å². The Hall–Kier alpha value is -1.99. The van der Waals surface area contributed by atoms with Gasteiger partial charge in [-0.05, 0) is 6.07 Å². The Morgan fingerprint density at radius 1 is 1.45 bits per heavy atom. The molecular formula is C13H16N2O5. The number of carbonyl (C=O) groups excluding carboxylic acids is 1. The maximum absolute atomic E-state index is 11.9. The van der Waals surface area contributed by atoms with Crippen LogP contribution >= 0.6 is 0 Å². The number of nitrogens with one attached hydrogen (secondary N) is 1. The van der Waals surface area contributed by atoms with Gasteiger partial charge in [0.05, 0.1) is 10.5 Å². The van der Waals surface area contributed by atoms with Gasteiger partial charge in [-0.15, -0.1) is 0 Å². The Kier molecular flexibility index (Phi) is 4.31. The van der Waals surface area contributed by atoms with Gasteiger partial charge >= 0.3 is 0 Å². The first-order valence-corrected chi connectivity index (χ1v) is 6.33. The molecule has 1 aromatic carbocycles. The third-order valence-corrected chi connectivity index (χ3v) is 3.32. The average molecular weight is 280 g/mol. The summed E-state index contributed by atoms with van der Waals surface area (Å²) in [5, 5.41) is 23.5. The molecule has 1 aliphatic heterocycles. The van der Waals surface area contributed by atoms with E-state index in [9.17, 15) is 20.0 Å². The molecule has 1 saturated heterocycles. The van der Waals surface area contributed by atoms with Crippen molar-refractivity contribution in [2.24, 2.45) is 0 Å². The van der Waals surface area contributed by atoms with E-state index in [1.54, 1.807) is 0 Å². The molecular weight excluding hydrogens is 264 g/mol. The lowest BCUT2D eigenvalue weighted by atomic mass is 9.94. The smallest absolute Gasteiger partial charge is 0.270 e. The van der Waals surface area contributed by atoms with Gasteiger partial charge in [-0.1, -0.05) is 6.07 Å². The van der Waals surface area contributed by atoms with Crippen molar-refractivity contribution >= 4 is 11.6 Å². The Morgan fingerprint density at radius 2 is 2.15 bits per heavy atom. The minimum Gasteiger partial charge on any atom is -0.388 e. The third kappa shape index (κ3) is 3.52. The van der Waals surface area contributed by atoms with Crippen LogP contribution in [0.3, 0.4) is 0 Å². The molecule has 1 aliphatic rings. The number of nitro benzene ring substituents is 1. The second-order valence-electron chi connectivity index (χ2n) is 4.83. The maximum atomic E-state index is 11.9. The Morgan fingerprint density at radius 3 is 2.80 bits per heavy atom. The van der Waals surface area contributed by atoms with E-state index in [0.717, 1.165) is 0 Å². The van der Waals surface area contributed by atoms with Crippen molar-refractivity contribution in [3.63, 3.8) is 0 Å². The fraction of sp³-hybridized carbons (Fsp3) is 0.462. The number of aliphatic hydroxyl groups is 1. The molecule has 7 heteroatoms. The van der Waals surface area contributed by atoms with Crippen LogP contribution in [0, 0.1) is 10.1 Å². The molecule has 0 aromatic heterocycles. The number of hydrogen-bond acceptors (Lipinski definition) is 5. The first-order valence-electron chi connectivity index (χ1n) is 6.33. The number of nitro groups is 1. The van der Waals surface area contributed by atoms with Gasteiger partial charge in [0.1, 0.15) is 0 Å². The number of rotatable bonds is 4. The van der Waals surface area contributed by atoms with Crippen LogP contribution in [0.15, 0.2) is 24.3 Å². The van der Waals surface area contributed by atoms with E-state index in [0.29, 0.717) is 26.1 Å². The highest BCUT2D eigenvalue weighted by Gasteiger charge is 2.30. The molecule has 1 amide bonds. The molecule has 108 valence electrons. The summed E-state index contributed by atoms with van der Waals surface area (Å²) in [6.07, 6.45) is 0.921. The van der Waals surface area contributed by atoms with Gasteiger partial charge in [-0.3, -0.25) is 14.9 Å². The summed E-state index contributed by atoms with van der Waals surface area (Å²) < 4.78 is 5.15. The van der Waals surface area contributed by atoms with E-state index in [1.165, 1.54) is 24.3 Å². The van der Waals surface area contributed by atoms with Gasteiger partial charge in [0.25, 0.3) is 11.6 Å². The Bertz CT molecular complexity index is 511. The molecule has 0 spiro atoms. The van der Waals surface area contributed by atoms with Crippen molar-refractivity contribution in [2.45, 2.75) is 18.4 Å². The highest BCUT2D eigenvalue weighted by atomic mass is 16.6. The summed E-state index contributed by atoms with van der Waals surface area (Å²) in [5.41, 5.74) is -0.897. The summed E-state index contributed by atoms with van der Waals surface area (Å²) in [4.78, 5) is 22.0. The van der Waals surface area contributed by atoms with Crippen molar-refractivity contribution < 1.29 is 19.6 Å². The number of benzene rings is 1. The van der Waals surface area contributed by atoms with Crippen molar-refractivity contribution in [1.82, 2.24) is 5.32 Å². The Labute approximate surface area is 115 Å². The molecule has 0 bridgehead atoms. The topological polar surface area (TPSA) is 102 Å². The molecule has 0 unspecified atom stereocenters. The zero-order valence-electron chi connectivity index (χ0n) is 10.9. The molecule has 2 rings (SSSR count). The molecule has 20 heavy (non-hydrogen) atoms. The highest BCUT2D eigenvalue weighted by Crippen LogP contribution is 2.19. The lowest BCUT2D eigenvalue weighted by molar-refractivity contribution is -0.384. The first kappa shape index (κ1) is 14.4. The van der Waals surface area contributed by atoms with E-state index < -0.39 is 16.4 Å². The minimum absolute atomic E-state index is 0.109. The number of non-ortho nitro benzene ring substituents is 1. The number of ether oxygens (including phenoxy) is 1. The Balaban J connectivity index is 1.98.